The molecule has 0 spiro atoms. The fourth-order valence-electron chi connectivity index (χ4n) is 8.34. The normalized spacial score (nSPS) is 11.6. The number of nitrogens with zero attached hydrogens (tertiary/aromatic N) is 4. The predicted octanol–water partition coefficient (Wildman–Crippen LogP) is 13.3. The fourth-order valence-corrected chi connectivity index (χ4v) is 8.34. The van der Waals surface area contributed by atoms with Crippen molar-refractivity contribution >= 4 is 43.6 Å². The third kappa shape index (κ3) is 5.23. The molecule has 3 aromatic heterocycles. The van der Waals surface area contributed by atoms with Gasteiger partial charge in [0, 0.05) is 44.4 Å². The molecule has 8 aromatic carbocycles. The van der Waals surface area contributed by atoms with Crippen molar-refractivity contribution in [1.29, 1.82) is 0 Å². The van der Waals surface area contributed by atoms with Crippen LogP contribution in [0.25, 0.3) is 100 Å². The molecule has 0 bridgehead atoms. The standard InChI is InChI=1S/C52H34N4/c1-4-15-35(16-5-1)37-27-29-38(30-28-37)46-34-49(54-52(53-46)40-20-14-19-39(33-40)36-17-6-2-7-18-36)56-48-26-13-11-24-43(48)45-32-31-44-42-23-10-12-25-47(42)55(50(44)51(45)56)41-21-8-3-9-22-41/h1-34H. The Bertz CT molecular complexity index is 3220. The third-order valence-corrected chi connectivity index (χ3v) is 10.9. The SMILES string of the molecule is c1ccc(-c2ccc(-c3cc(-n4c5ccccc5c5ccc6c7ccccc7n(-c7ccccc7)c6c54)nc(-c4cccc(-c5ccccc5)c4)n3)cc2)cc1. The summed E-state index contributed by atoms with van der Waals surface area (Å²) >= 11 is 0. The molecule has 4 nitrogen and oxygen atoms in total. The molecule has 0 atom stereocenters. The van der Waals surface area contributed by atoms with Crippen molar-refractivity contribution < 1.29 is 0 Å². The second kappa shape index (κ2) is 13.1. The van der Waals surface area contributed by atoms with Crippen molar-refractivity contribution in [2.75, 3.05) is 0 Å². The highest BCUT2D eigenvalue weighted by atomic mass is 15.1. The van der Waals surface area contributed by atoms with Crippen molar-refractivity contribution in [2.24, 2.45) is 0 Å². The molecule has 3 heterocycles. The summed E-state index contributed by atoms with van der Waals surface area (Å²) in [5, 5.41) is 4.76. The lowest BCUT2D eigenvalue weighted by atomic mass is 10.0. The van der Waals surface area contributed by atoms with Gasteiger partial charge in [-0.25, -0.2) is 9.97 Å². The number of hydrogen-bond donors (Lipinski definition) is 0. The molecule has 0 fully saturated rings. The molecule has 0 radical (unpaired) electrons. The second-order valence-electron chi connectivity index (χ2n) is 14.2. The van der Waals surface area contributed by atoms with E-state index in [2.05, 4.69) is 215 Å². The van der Waals surface area contributed by atoms with E-state index in [0.29, 0.717) is 5.82 Å². The molecule has 262 valence electrons. The topological polar surface area (TPSA) is 35.6 Å². The molecular formula is C52H34N4. The highest BCUT2D eigenvalue weighted by Crippen LogP contribution is 2.42. The molecule has 0 N–H and O–H groups in total. The lowest BCUT2D eigenvalue weighted by Gasteiger charge is -2.14. The van der Waals surface area contributed by atoms with E-state index in [9.17, 15) is 0 Å². The zero-order valence-corrected chi connectivity index (χ0v) is 30.4. The quantitative estimate of drug-likeness (QED) is 0.172. The minimum absolute atomic E-state index is 0.670. The smallest absolute Gasteiger partial charge is 0.162 e. The summed E-state index contributed by atoms with van der Waals surface area (Å²) < 4.78 is 4.77. The van der Waals surface area contributed by atoms with Crippen molar-refractivity contribution in [3.8, 4) is 56.4 Å². The number of fused-ring (bicyclic) bond motifs is 7. The lowest BCUT2D eigenvalue weighted by molar-refractivity contribution is 1.05. The summed E-state index contributed by atoms with van der Waals surface area (Å²) in [5.74, 6) is 1.48. The number of hydrogen-bond acceptors (Lipinski definition) is 2. The minimum atomic E-state index is 0.670. The molecule has 0 unspecified atom stereocenters. The van der Waals surface area contributed by atoms with Gasteiger partial charge in [0.05, 0.1) is 27.8 Å². The van der Waals surface area contributed by atoms with Crippen molar-refractivity contribution in [2.45, 2.75) is 0 Å². The monoisotopic (exact) mass is 714 g/mol. The molecule has 0 aliphatic rings. The number of rotatable bonds is 6. The first-order valence-electron chi connectivity index (χ1n) is 19.0. The molecular weight excluding hydrogens is 681 g/mol. The van der Waals surface area contributed by atoms with Crippen LogP contribution < -0.4 is 0 Å². The van der Waals surface area contributed by atoms with E-state index in [1.165, 1.54) is 32.6 Å². The van der Waals surface area contributed by atoms with Crippen LogP contribution >= 0.6 is 0 Å². The number of benzene rings is 8. The zero-order chi connectivity index (χ0) is 37.0. The maximum absolute atomic E-state index is 5.48. The molecule has 0 amide bonds. The molecule has 0 saturated carbocycles. The zero-order valence-electron chi connectivity index (χ0n) is 30.4. The first kappa shape index (κ1) is 31.9. The summed E-state index contributed by atoms with van der Waals surface area (Å²) in [4.78, 5) is 10.8. The van der Waals surface area contributed by atoms with Crippen LogP contribution in [0.4, 0.5) is 0 Å². The summed E-state index contributed by atoms with van der Waals surface area (Å²) in [6, 6.07) is 73.1. The van der Waals surface area contributed by atoms with Crippen LogP contribution in [0.2, 0.25) is 0 Å². The maximum Gasteiger partial charge on any atom is 0.162 e. The Morgan fingerprint density at radius 3 is 1.45 bits per heavy atom. The maximum atomic E-state index is 5.48. The summed E-state index contributed by atoms with van der Waals surface area (Å²) in [6.07, 6.45) is 0. The van der Waals surface area contributed by atoms with E-state index in [4.69, 9.17) is 9.97 Å². The van der Waals surface area contributed by atoms with Gasteiger partial charge in [-0.3, -0.25) is 4.57 Å². The van der Waals surface area contributed by atoms with Crippen molar-refractivity contribution in [3.63, 3.8) is 0 Å². The first-order chi connectivity index (χ1) is 27.8. The molecule has 0 aliphatic carbocycles. The second-order valence-corrected chi connectivity index (χ2v) is 14.2. The van der Waals surface area contributed by atoms with E-state index in [1.807, 2.05) is 0 Å². The van der Waals surface area contributed by atoms with Crippen LogP contribution in [-0.2, 0) is 0 Å². The van der Waals surface area contributed by atoms with Crippen molar-refractivity contribution in [1.82, 2.24) is 19.1 Å². The molecule has 56 heavy (non-hydrogen) atoms. The molecule has 11 rings (SSSR count). The fraction of sp³-hybridized carbons (Fsp3) is 0. The summed E-state index contributed by atoms with van der Waals surface area (Å²) in [6.45, 7) is 0. The molecule has 0 aliphatic heterocycles. The van der Waals surface area contributed by atoms with Crippen molar-refractivity contribution in [3.05, 3.63) is 206 Å². The van der Waals surface area contributed by atoms with Gasteiger partial charge in [0.15, 0.2) is 5.82 Å². The van der Waals surface area contributed by atoms with Crippen LogP contribution in [0.5, 0.6) is 0 Å². The van der Waals surface area contributed by atoms with Gasteiger partial charge in [-0.15, -0.1) is 0 Å². The van der Waals surface area contributed by atoms with E-state index in [0.717, 1.165) is 61.6 Å². The number of para-hydroxylation sites is 3. The van der Waals surface area contributed by atoms with Crippen LogP contribution in [-0.4, -0.2) is 19.1 Å². The van der Waals surface area contributed by atoms with Gasteiger partial charge >= 0.3 is 0 Å². The lowest BCUT2D eigenvalue weighted by Crippen LogP contribution is -2.04. The summed E-state index contributed by atoms with van der Waals surface area (Å²) in [7, 11) is 0. The van der Waals surface area contributed by atoms with Crippen LogP contribution in [0, 0.1) is 0 Å². The number of aromatic nitrogens is 4. The van der Waals surface area contributed by atoms with E-state index < -0.39 is 0 Å². The minimum Gasteiger partial charge on any atom is -0.307 e. The molecule has 0 saturated heterocycles. The van der Waals surface area contributed by atoms with Gasteiger partial charge in [-0.2, -0.15) is 0 Å². The average molecular weight is 715 g/mol. The highest BCUT2D eigenvalue weighted by Gasteiger charge is 2.22. The first-order valence-corrected chi connectivity index (χ1v) is 19.0. The Morgan fingerprint density at radius 1 is 0.304 bits per heavy atom. The Kier molecular flexibility index (Phi) is 7.46. The Hall–Kier alpha value is -7.56. The van der Waals surface area contributed by atoms with Gasteiger partial charge in [0.25, 0.3) is 0 Å². The Morgan fingerprint density at radius 2 is 0.786 bits per heavy atom. The van der Waals surface area contributed by atoms with E-state index >= 15 is 0 Å². The van der Waals surface area contributed by atoms with Gasteiger partial charge in [-0.05, 0) is 52.6 Å². The van der Waals surface area contributed by atoms with Crippen LogP contribution in [0.1, 0.15) is 0 Å². The summed E-state index contributed by atoms with van der Waals surface area (Å²) in [5.41, 5.74) is 13.1. The van der Waals surface area contributed by atoms with Gasteiger partial charge in [-0.1, -0.05) is 170 Å². The average Bonchev–Trinajstić information content (AvgIpc) is 3.80. The van der Waals surface area contributed by atoms with E-state index in [-0.39, 0.29) is 0 Å². The highest BCUT2D eigenvalue weighted by molar-refractivity contribution is 6.23. The van der Waals surface area contributed by atoms with Gasteiger partial charge in [0.2, 0.25) is 0 Å². The van der Waals surface area contributed by atoms with E-state index in [1.54, 1.807) is 0 Å². The van der Waals surface area contributed by atoms with Crippen LogP contribution in [0.3, 0.4) is 0 Å². The molecule has 4 heteroatoms. The largest absolute Gasteiger partial charge is 0.307 e. The Balaban J connectivity index is 1.22. The third-order valence-electron chi connectivity index (χ3n) is 10.9. The van der Waals surface area contributed by atoms with Gasteiger partial charge in [0.1, 0.15) is 5.82 Å². The van der Waals surface area contributed by atoms with Crippen LogP contribution in [0.15, 0.2) is 206 Å². The van der Waals surface area contributed by atoms with Gasteiger partial charge < -0.3 is 4.57 Å². The molecule has 11 aromatic rings. The Labute approximate surface area is 324 Å². The predicted molar refractivity (Wildman–Crippen MR) is 232 cm³/mol.